The first-order chi connectivity index (χ1) is 9.58. The van der Waals surface area contributed by atoms with Gasteiger partial charge in [0.05, 0.1) is 0 Å². The number of hydrogen-bond acceptors (Lipinski definition) is 3. The van der Waals surface area contributed by atoms with Gasteiger partial charge >= 0.3 is 6.03 Å². The Bertz CT molecular complexity index is 486. The number of nitrogens with two attached hydrogens (primary N) is 1. The minimum absolute atomic E-state index is 0.0495. The Morgan fingerprint density at radius 1 is 1.40 bits per heavy atom. The molecule has 6 nitrogen and oxygen atoms in total. The molecule has 4 N–H and O–H groups in total. The van der Waals surface area contributed by atoms with Crippen molar-refractivity contribution in [1.29, 1.82) is 0 Å². The van der Waals surface area contributed by atoms with E-state index in [2.05, 4.69) is 10.6 Å². The lowest BCUT2D eigenvalue weighted by atomic mass is 10.1. The molecule has 108 valence electrons. The fourth-order valence-electron chi connectivity index (χ4n) is 2.26. The summed E-state index contributed by atoms with van der Waals surface area (Å²) in [5, 5.41) is 5.78. The number of carbonyl (C=O) groups excluding carboxylic acids is 2. The molecule has 1 aromatic carbocycles. The Hall–Kier alpha value is -2.08. The molecule has 1 atom stereocenters. The molecule has 1 fully saturated rings. The lowest BCUT2D eigenvalue weighted by Crippen LogP contribution is -2.52. The van der Waals surface area contributed by atoms with Crippen molar-refractivity contribution < 1.29 is 9.59 Å². The van der Waals surface area contributed by atoms with E-state index in [4.69, 9.17) is 5.73 Å². The summed E-state index contributed by atoms with van der Waals surface area (Å²) in [6, 6.07) is 6.88. The van der Waals surface area contributed by atoms with E-state index in [0.717, 1.165) is 25.2 Å². The molecule has 20 heavy (non-hydrogen) atoms. The van der Waals surface area contributed by atoms with Crippen molar-refractivity contribution in [3.8, 4) is 0 Å². The lowest BCUT2D eigenvalue weighted by molar-refractivity contribution is 0.0655. The van der Waals surface area contributed by atoms with Gasteiger partial charge in [0, 0.05) is 37.8 Å². The van der Waals surface area contributed by atoms with Crippen LogP contribution in [-0.2, 0) is 6.54 Å². The molecule has 2 rings (SSSR count). The van der Waals surface area contributed by atoms with Gasteiger partial charge < -0.3 is 21.3 Å². The summed E-state index contributed by atoms with van der Waals surface area (Å²) in [5.41, 5.74) is 6.59. The van der Waals surface area contributed by atoms with Crippen molar-refractivity contribution in [1.82, 2.24) is 15.5 Å². The quantitative estimate of drug-likeness (QED) is 0.741. The van der Waals surface area contributed by atoms with Crippen LogP contribution in [0, 0.1) is 0 Å². The van der Waals surface area contributed by atoms with Crippen LogP contribution in [0.25, 0.3) is 0 Å². The first-order valence-electron chi connectivity index (χ1n) is 6.72. The molecule has 1 saturated heterocycles. The summed E-state index contributed by atoms with van der Waals surface area (Å²) in [5.74, 6) is 0.0495. The Labute approximate surface area is 118 Å². The van der Waals surface area contributed by atoms with Gasteiger partial charge in [0.2, 0.25) is 0 Å². The molecule has 3 amide bonds. The van der Waals surface area contributed by atoms with E-state index in [1.807, 2.05) is 24.0 Å². The van der Waals surface area contributed by atoms with E-state index < -0.39 is 6.03 Å². The Kier molecular flexibility index (Phi) is 4.57. The Balaban J connectivity index is 2.01. The van der Waals surface area contributed by atoms with Crippen molar-refractivity contribution in [3.63, 3.8) is 0 Å². The second-order valence-electron chi connectivity index (χ2n) is 4.97. The van der Waals surface area contributed by atoms with Gasteiger partial charge in [0.1, 0.15) is 0 Å². The standard InChI is InChI=1S/C14H20N4O2/c1-10-8-16-6-7-18(10)13(19)12-4-2-11(3-5-12)9-17-14(15)20/h2-5,10,16H,6-9H2,1H3,(H3,15,17,20). The average Bonchev–Trinajstić information content (AvgIpc) is 2.45. The number of carbonyl (C=O) groups is 2. The molecular weight excluding hydrogens is 256 g/mol. The second kappa shape index (κ2) is 6.38. The van der Waals surface area contributed by atoms with Crippen molar-refractivity contribution in [2.75, 3.05) is 19.6 Å². The smallest absolute Gasteiger partial charge is 0.312 e. The largest absolute Gasteiger partial charge is 0.352 e. The molecule has 1 aliphatic heterocycles. The van der Waals surface area contributed by atoms with Gasteiger partial charge in [0.25, 0.3) is 5.91 Å². The van der Waals surface area contributed by atoms with E-state index in [1.54, 1.807) is 12.1 Å². The second-order valence-corrected chi connectivity index (χ2v) is 4.97. The molecule has 0 bridgehead atoms. The highest BCUT2D eigenvalue weighted by atomic mass is 16.2. The van der Waals surface area contributed by atoms with E-state index in [-0.39, 0.29) is 11.9 Å². The summed E-state index contributed by atoms with van der Waals surface area (Å²) >= 11 is 0. The molecule has 1 heterocycles. The monoisotopic (exact) mass is 276 g/mol. The van der Waals surface area contributed by atoms with Crippen LogP contribution in [0.1, 0.15) is 22.8 Å². The van der Waals surface area contributed by atoms with Crippen LogP contribution in [0.4, 0.5) is 4.79 Å². The minimum Gasteiger partial charge on any atom is -0.352 e. The molecule has 6 heteroatoms. The minimum atomic E-state index is -0.556. The zero-order valence-electron chi connectivity index (χ0n) is 11.6. The van der Waals surface area contributed by atoms with Gasteiger partial charge in [-0.3, -0.25) is 4.79 Å². The van der Waals surface area contributed by atoms with Crippen molar-refractivity contribution >= 4 is 11.9 Å². The van der Waals surface area contributed by atoms with Crippen LogP contribution in [-0.4, -0.2) is 42.5 Å². The molecule has 1 unspecified atom stereocenters. The number of nitrogens with one attached hydrogen (secondary N) is 2. The van der Waals surface area contributed by atoms with Crippen LogP contribution in [0.3, 0.4) is 0 Å². The Morgan fingerprint density at radius 3 is 2.70 bits per heavy atom. The molecule has 0 spiro atoms. The molecule has 0 aliphatic carbocycles. The van der Waals surface area contributed by atoms with Crippen LogP contribution in [0.15, 0.2) is 24.3 Å². The van der Waals surface area contributed by atoms with Gasteiger partial charge in [-0.2, -0.15) is 0 Å². The van der Waals surface area contributed by atoms with E-state index in [0.29, 0.717) is 12.1 Å². The highest BCUT2D eigenvalue weighted by molar-refractivity contribution is 5.94. The van der Waals surface area contributed by atoms with Crippen molar-refractivity contribution in [3.05, 3.63) is 35.4 Å². The number of amides is 3. The predicted octanol–water partition coefficient (Wildman–Crippen LogP) is 0.289. The van der Waals surface area contributed by atoms with Crippen LogP contribution < -0.4 is 16.4 Å². The van der Waals surface area contributed by atoms with Crippen molar-refractivity contribution in [2.45, 2.75) is 19.5 Å². The van der Waals surface area contributed by atoms with E-state index in [1.165, 1.54) is 0 Å². The molecule has 0 aromatic heterocycles. The summed E-state index contributed by atoms with van der Waals surface area (Å²) < 4.78 is 0. The van der Waals surface area contributed by atoms with Gasteiger partial charge in [0.15, 0.2) is 0 Å². The molecule has 1 aliphatic rings. The third kappa shape index (κ3) is 3.48. The number of urea groups is 1. The maximum atomic E-state index is 12.4. The normalized spacial score (nSPS) is 18.6. The number of primary amides is 1. The molecule has 0 radical (unpaired) electrons. The van der Waals surface area contributed by atoms with Crippen LogP contribution in [0.2, 0.25) is 0 Å². The van der Waals surface area contributed by atoms with Gasteiger partial charge in [-0.1, -0.05) is 12.1 Å². The topological polar surface area (TPSA) is 87.5 Å². The average molecular weight is 276 g/mol. The maximum absolute atomic E-state index is 12.4. The number of hydrogen-bond donors (Lipinski definition) is 3. The fraction of sp³-hybridized carbons (Fsp3) is 0.429. The third-order valence-corrected chi connectivity index (χ3v) is 3.43. The zero-order valence-corrected chi connectivity index (χ0v) is 11.6. The first kappa shape index (κ1) is 14.3. The fourth-order valence-corrected chi connectivity index (χ4v) is 2.26. The summed E-state index contributed by atoms with van der Waals surface area (Å²) in [6.45, 7) is 4.79. The summed E-state index contributed by atoms with van der Waals surface area (Å²) in [6.07, 6.45) is 0. The SMILES string of the molecule is CC1CNCCN1C(=O)c1ccc(CNC(N)=O)cc1. The maximum Gasteiger partial charge on any atom is 0.312 e. The number of benzene rings is 1. The number of piperazine rings is 1. The summed E-state index contributed by atoms with van der Waals surface area (Å²) in [7, 11) is 0. The van der Waals surface area contributed by atoms with Crippen LogP contribution in [0.5, 0.6) is 0 Å². The zero-order chi connectivity index (χ0) is 14.5. The van der Waals surface area contributed by atoms with E-state index >= 15 is 0 Å². The van der Waals surface area contributed by atoms with E-state index in [9.17, 15) is 9.59 Å². The van der Waals surface area contributed by atoms with Gasteiger partial charge in [-0.05, 0) is 24.6 Å². The first-order valence-corrected chi connectivity index (χ1v) is 6.72. The Morgan fingerprint density at radius 2 is 2.10 bits per heavy atom. The molecule has 0 saturated carbocycles. The van der Waals surface area contributed by atoms with Crippen molar-refractivity contribution in [2.24, 2.45) is 5.73 Å². The number of nitrogens with zero attached hydrogens (tertiary/aromatic N) is 1. The highest BCUT2D eigenvalue weighted by Crippen LogP contribution is 2.11. The molecular formula is C14H20N4O2. The van der Waals surface area contributed by atoms with Crippen LogP contribution >= 0.6 is 0 Å². The third-order valence-electron chi connectivity index (χ3n) is 3.43. The summed E-state index contributed by atoms with van der Waals surface area (Å²) in [4.78, 5) is 24.9. The highest BCUT2D eigenvalue weighted by Gasteiger charge is 2.23. The molecule has 1 aromatic rings. The lowest BCUT2D eigenvalue weighted by Gasteiger charge is -2.34. The number of rotatable bonds is 3. The predicted molar refractivity (Wildman–Crippen MR) is 76.2 cm³/mol. The van der Waals surface area contributed by atoms with Gasteiger partial charge in [-0.15, -0.1) is 0 Å². The van der Waals surface area contributed by atoms with Gasteiger partial charge in [-0.25, -0.2) is 4.79 Å².